The number of rotatable bonds is 15. The first-order valence-corrected chi connectivity index (χ1v) is 23.7. The molecule has 6 rings (SSSR count). The molecule has 4 atom stereocenters. The highest BCUT2D eigenvalue weighted by atomic mass is 28.3. The van der Waals surface area contributed by atoms with Gasteiger partial charge >= 0.3 is 0 Å². The van der Waals surface area contributed by atoms with Gasteiger partial charge in [-0.1, -0.05) is 91.0 Å². The summed E-state index contributed by atoms with van der Waals surface area (Å²) in [6, 6.07) is 24.0. The van der Waals surface area contributed by atoms with Crippen LogP contribution >= 0.6 is 0 Å². The minimum absolute atomic E-state index is 0.0620. The number of piperidine rings is 1. The lowest BCUT2D eigenvalue weighted by atomic mass is 9.82. The van der Waals surface area contributed by atoms with Crippen LogP contribution in [0.1, 0.15) is 77.3 Å². The smallest absolute Gasteiger partial charge is 0.264 e. The highest BCUT2D eigenvalue weighted by Crippen LogP contribution is 2.60. The molecule has 3 aromatic carbocycles. The first-order chi connectivity index (χ1) is 27.3. The van der Waals surface area contributed by atoms with Crippen LogP contribution in [0.5, 0.6) is 5.75 Å². The predicted molar refractivity (Wildman–Crippen MR) is 231 cm³/mol. The summed E-state index contributed by atoms with van der Waals surface area (Å²) in [5, 5.41) is 11.3. The van der Waals surface area contributed by atoms with Gasteiger partial charge in [0.25, 0.3) is 5.91 Å². The van der Waals surface area contributed by atoms with Crippen molar-refractivity contribution in [3.63, 3.8) is 0 Å². The number of carbonyl (C=O) groups excluding carboxylic acids is 3. The monoisotopic (exact) mass is 791 g/mol. The molecule has 1 spiro atoms. The molecule has 9 nitrogen and oxygen atoms in total. The van der Waals surface area contributed by atoms with Crippen LogP contribution in [0.4, 0.5) is 11.4 Å². The fourth-order valence-electron chi connectivity index (χ4n) is 9.38. The van der Waals surface area contributed by atoms with Crippen molar-refractivity contribution in [3.05, 3.63) is 107 Å². The van der Waals surface area contributed by atoms with E-state index in [1.54, 1.807) is 12.0 Å². The number of hydrogen-bond donors (Lipinski definition) is 1. The third-order valence-electron chi connectivity index (χ3n) is 12.5. The van der Waals surface area contributed by atoms with E-state index >= 15 is 4.79 Å². The van der Waals surface area contributed by atoms with Gasteiger partial charge in [-0.15, -0.1) is 0 Å². The average molecular weight is 792 g/mol. The van der Waals surface area contributed by atoms with Crippen LogP contribution in [0.2, 0.25) is 18.6 Å². The van der Waals surface area contributed by atoms with E-state index < -0.39 is 19.8 Å². The maximum absolute atomic E-state index is 15.4. The van der Waals surface area contributed by atoms with Crippen molar-refractivity contribution < 1.29 is 29.0 Å². The molecule has 3 heterocycles. The Hall–Kier alpha value is -4.51. The van der Waals surface area contributed by atoms with E-state index in [1.165, 1.54) is 16.3 Å². The lowest BCUT2D eigenvalue weighted by Gasteiger charge is -2.37. The Bertz CT molecular complexity index is 1970. The third kappa shape index (κ3) is 8.69. The number of aliphatic hydroxyl groups is 1. The van der Waals surface area contributed by atoms with Gasteiger partial charge in [-0.25, -0.2) is 0 Å². The molecule has 0 radical (unpaired) electrons. The normalized spacial score (nSPS) is 22.2. The minimum Gasteiger partial charge on any atom is -0.497 e. The fourth-order valence-corrected chi connectivity index (χ4v) is 13.4. The molecule has 3 aromatic rings. The van der Waals surface area contributed by atoms with E-state index in [2.05, 4.69) is 65.1 Å². The maximum Gasteiger partial charge on any atom is 0.264 e. The molecule has 0 aliphatic carbocycles. The van der Waals surface area contributed by atoms with Gasteiger partial charge < -0.3 is 29.3 Å². The molecule has 10 heteroatoms. The molecule has 2 saturated heterocycles. The number of fused-ring (bicyclic) bond motifs is 2. The number of methoxy groups -OCH3 is 1. The number of aliphatic hydroxyl groups excluding tert-OH is 1. The topological polar surface area (TPSA) is 99.6 Å². The van der Waals surface area contributed by atoms with E-state index in [9.17, 15) is 14.7 Å². The predicted octanol–water partition coefficient (Wildman–Crippen LogP) is 7.88. The van der Waals surface area contributed by atoms with Crippen molar-refractivity contribution in [2.24, 2.45) is 5.92 Å². The average Bonchev–Trinajstić information content (AvgIpc) is 3.62. The fraction of sp³-hybridized carbons (Fsp3) is 0.468. The molecular weight excluding hydrogens is 731 g/mol. The number of hydrogen-bond acceptors (Lipinski definition) is 6. The number of anilines is 2. The zero-order valence-corrected chi connectivity index (χ0v) is 35.9. The van der Waals surface area contributed by atoms with E-state index in [1.807, 2.05) is 70.5 Å². The Labute approximate surface area is 340 Å². The molecule has 2 fully saturated rings. The zero-order valence-electron chi connectivity index (χ0n) is 34.9. The van der Waals surface area contributed by atoms with Crippen molar-refractivity contribution in [2.45, 2.75) is 103 Å². The lowest BCUT2D eigenvalue weighted by molar-refractivity contribution is -0.149. The Kier molecular flexibility index (Phi) is 13.3. The maximum atomic E-state index is 15.4. The van der Waals surface area contributed by atoms with Crippen molar-refractivity contribution in [1.82, 2.24) is 4.90 Å². The molecular formula is C47H61N3O6Si. The minimum atomic E-state index is -2.54. The molecule has 1 N–H and O–H groups in total. The summed E-state index contributed by atoms with van der Waals surface area (Å²) in [6.45, 7) is 14.5. The molecule has 0 saturated carbocycles. The Morgan fingerprint density at radius 2 is 1.75 bits per heavy atom. The van der Waals surface area contributed by atoms with Gasteiger partial charge in [-0.2, -0.15) is 0 Å². The van der Waals surface area contributed by atoms with Crippen LogP contribution in [-0.2, 0) is 31.3 Å². The number of allylic oxidation sites excluding steroid dienone is 3. The van der Waals surface area contributed by atoms with E-state index in [-0.39, 0.29) is 48.8 Å². The van der Waals surface area contributed by atoms with Crippen LogP contribution in [0.15, 0.2) is 96.1 Å². The summed E-state index contributed by atoms with van der Waals surface area (Å²) in [6.07, 6.45) is 7.97. The summed E-state index contributed by atoms with van der Waals surface area (Å²) >= 11 is 0. The number of ether oxygens (including phenoxy) is 2. The second kappa shape index (κ2) is 18.0. The van der Waals surface area contributed by atoms with Crippen molar-refractivity contribution >= 4 is 42.4 Å². The van der Waals surface area contributed by atoms with Crippen LogP contribution in [-0.4, -0.2) is 75.3 Å². The number of benzene rings is 3. The molecule has 0 bridgehead atoms. The van der Waals surface area contributed by atoms with Gasteiger partial charge in [0.1, 0.15) is 5.75 Å². The highest BCUT2D eigenvalue weighted by Gasteiger charge is 2.66. The van der Waals surface area contributed by atoms with Gasteiger partial charge in [0.15, 0.2) is 5.60 Å². The lowest BCUT2D eigenvalue weighted by Crippen LogP contribution is -2.52. The molecule has 0 aromatic heterocycles. The highest BCUT2D eigenvalue weighted by molar-refractivity contribution is 6.91. The summed E-state index contributed by atoms with van der Waals surface area (Å²) in [4.78, 5) is 48.6. The standard InChI is InChI=1S/C47H61N3O6Si/c1-33(2)14-13-15-34(3)25-27-50-41-24-19-37(49-26-12-11-18-43(49)52)30-40(41)47(46(50)54)35(4)45(57(6,7)39-22-20-38(55-5)21-23-39)42(56-47)31-44(53)48(28-29-51)32-36-16-9-8-10-17-36/h8-10,14,16-17,19-25,30,35,42,45,51H,11-13,15,18,26-29,31-32H2,1-7H3/b34-25+/t35-,42+,45-,47+/m1/s1. The molecule has 304 valence electrons. The quantitative estimate of drug-likeness (QED) is 0.124. The number of carbonyl (C=O) groups is 3. The molecule has 3 amide bonds. The summed E-state index contributed by atoms with van der Waals surface area (Å²) in [7, 11) is -0.883. The molecule has 3 aliphatic rings. The second-order valence-electron chi connectivity index (χ2n) is 16.9. The van der Waals surface area contributed by atoms with E-state index in [4.69, 9.17) is 9.47 Å². The first kappa shape index (κ1) is 42.1. The molecule has 3 aliphatic heterocycles. The summed E-state index contributed by atoms with van der Waals surface area (Å²) in [5.41, 5.74) is 4.26. The third-order valence-corrected chi connectivity index (χ3v) is 16.8. The van der Waals surface area contributed by atoms with Crippen LogP contribution in [0, 0.1) is 5.92 Å². The Balaban J connectivity index is 1.45. The number of nitrogens with zero attached hydrogens (tertiary/aromatic N) is 3. The zero-order chi connectivity index (χ0) is 40.9. The Morgan fingerprint density at radius 1 is 1.02 bits per heavy atom. The SMILES string of the molecule is COc1ccc([Si](C)(C)[C@H]2[C@H](CC(=O)N(CCO)Cc3ccccc3)O[C@@]3(C(=O)N(C/C=C(\C)CCC=C(C)C)c4ccc(N5CCCCC5=O)cc43)[C@@H]2C)cc1. The van der Waals surface area contributed by atoms with Crippen molar-refractivity contribution in [1.29, 1.82) is 0 Å². The summed E-state index contributed by atoms with van der Waals surface area (Å²) < 4.78 is 12.9. The largest absolute Gasteiger partial charge is 0.497 e. The Morgan fingerprint density at radius 3 is 2.42 bits per heavy atom. The van der Waals surface area contributed by atoms with Gasteiger partial charge in [0, 0.05) is 49.8 Å². The van der Waals surface area contributed by atoms with Crippen molar-refractivity contribution in [2.75, 3.05) is 43.2 Å². The van der Waals surface area contributed by atoms with Crippen LogP contribution in [0.3, 0.4) is 0 Å². The van der Waals surface area contributed by atoms with Gasteiger partial charge in [0.05, 0.1) is 40.0 Å². The molecule has 0 unspecified atom stereocenters. The first-order valence-electron chi connectivity index (χ1n) is 20.6. The van der Waals surface area contributed by atoms with Gasteiger partial charge in [-0.05, 0) is 87.9 Å². The van der Waals surface area contributed by atoms with Crippen LogP contribution in [0.25, 0.3) is 0 Å². The van der Waals surface area contributed by atoms with E-state index in [0.717, 1.165) is 53.9 Å². The van der Waals surface area contributed by atoms with E-state index in [0.29, 0.717) is 26.1 Å². The van der Waals surface area contributed by atoms with Crippen molar-refractivity contribution in [3.8, 4) is 5.75 Å². The van der Waals surface area contributed by atoms with Gasteiger partial charge in [0.2, 0.25) is 11.8 Å². The summed E-state index contributed by atoms with van der Waals surface area (Å²) in [5.74, 6) is 0.283. The van der Waals surface area contributed by atoms with Crippen LogP contribution < -0.4 is 19.7 Å². The molecule has 57 heavy (non-hydrogen) atoms. The second-order valence-corrected chi connectivity index (χ2v) is 21.6. The number of amides is 3. The van der Waals surface area contributed by atoms with Gasteiger partial charge in [-0.3, -0.25) is 14.4 Å².